The van der Waals surface area contributed by atoms with Crippen LogP contribution in [-0.4, -0.2) is 21.7 Å². The van der Waals surface area contributed by atoms with Crippen molar-refractivity contribution in [2.24, 2.45) is 0 Å². The average Bonchev–Trinajstić information content (AvgIpc) is 2.93. The molecule has 1 amide bonds. The lowest BCUT2D eigenvalue weighted by Crippen LogP contribution is -2.12. The zero-order valence-electron chi connectivity index (χ0n) is 8.31. The van der Waals surface area contributed by atoms with Crippen molar-refractivity contribution in [2.75, 3.05) is 5.32 Å². The number of carbonyl (C=O) groups is 2. The molecular formula is C11H9N3O2. The zero-order chi connectivity index (χ0) is 11.4. The highest BCUT2D eigenvalue weighted by Gasteiger charge is 2.26. The maximum atomic E-state index is 11.0. The standard InChI is InChI=1S/C8H5NO2.C3H4N2/c10-7-5-3-1-2-4-6(5)9-8(7)11;1-2-5-3-4-1/h1-4H,(H,9,10,11);1-3H,(H,4,5). The highest BCUT2D eigenvalue weighted by molar-refractivity contribution is 6.51. The summed E-state index contributed by atoms with van der Waals surface area (Å²) >= 11 is 0. The first kappa shape index (κ1) is 10.1. The van der Waals surface area contributed by atoms with Crippen LogP contribution in [0.3, 0.4) is 0 Å². The second-order valence-corrected chi connectivity index (χ2v) is 3.09. The summed E-state index contributed by atoms with van der Waals surface area (Å²) in [5.41, 5.74) is 1.08. The first-order chi connectivity index (χ1) is 7.79. The normalized spacial score (nSPS) is 12.5. The summed E-state index contributed by atoms with van der Waals surface area (Å²) in [4.78, 5) is 28.2. The Balaban J connectivity index is 0.000000162. The number of carbonyl (C=O) groups excluding carboxylic acids is 2. The van der Waals surface area contributed by atoms with Crippen LogP contribution in [0.25, 0.3) is 0 Å². The van der Waals surface area contributed by atoms with Gasteiger partial charge in [-0.15, -0.1) is 0 Å². The fraction of sp³-hybridized carbons (Fsp3) is 0. The number of Topliss-reactive ketones (excluding diaryl/α,β-unsaturated/α-hetero) is 1. The number of fused-ring (bicyclic) bond motifs is 1. The van der Waals surface area contributed by atoms with Gasteiger partial charge in [0.25, 0.3) is 11.7 Å². The number of ketones is 1. The van der Waals surface area contributed by atoms with E-state index in [0.29, 0.717) is 11.3 Å². The Morgan fingerprint density at radius 3 is 2.50 bits per heavy atom. The molecule has 2 aromatic rings. The van der Waals surface area contributed by atoms with E-state index in [0.717, 1.165) is 0 Å². The van der Waals surface area contributed by atoms with E-state index >= 15 is 0 Å². The smallest absolute Gasteiger partial charge is 0.296 e. The van der Waals surface area contributed by atoms with Crippen molar-refractivity contribution in [2.45, 2.75) is 0 Å². The van der Waals surface area contributed by atoms with Gasteiger partial charge in [-0.3, -0.25) is 9.59 Å². The maximum Gasteiger partial charge on any atom is 0.296 e. The lowest BCUT2D eigenvalue weighted by Gasteiger charge is -1.91. The van der Waals surface area contributed by atoms with E-state index in [1.165, 1.54) is 0 Å². The van der Waals surface area contributed by atoms with Gasteiger partial charge in [-0.25, -0.2) is 4.98 Å². The van der Waals surface area contributed by atoms with Gasteiger partial charge in [0, 0.05) is 12.4 Å². The van der Waals surface area contributed by atoms with Crippen molar-refractivity contribution in [1.29, 1.82) is 0 Å². The third-order valence-electron chi connectivity index (χ3n) is 2.03. The molecule has 1 aliphatic heterocycles. The van der Waals surface area contributed by atoms with Gasteiger partial charge in [-0.1, -0.05) is 12.1 Å². The third kappa shape index (κ3) is 1.98. The van der Waals surface area contributed by atoms with Crippen LogP contribution in [0.15, 0.2) is 43.0 Å². The minimum Gasteiger partial charge on any atom is -0.351 e. The Morgan fingerprint density at radius 2 is 1.94 bits per heavy atom. The molecule has 2 heterocycles. The van der Waals surface area contributed by atoms with Crippen molar-refractivity contribution < 1.29 is 9.59 Å². The maximum absolute atomic E-state index is 11.0. The number of hydrogen-bond donors (Lipinski definition) is 2. The Kier molecular flexibility index (Phi) is 2.77. The highest BCUT2D eigenvalue weighted by atomic mass is 16.2. The quantitative estimate of drug-likeness (QED) is 0.649. The molecule has 16 heavy (non-hydrogen) atoms. The van der Waals surface area contributed by atoms with Crippen LogP contribution in [0.4, 0.5) is 5.69 Å². The van der Waals surface area contributed by atoms with E-state index in [-0.39, 0.29) is 0 Å². The van der Waals surface area contributed by atoms with Crippen molar-refractivity contribution in [3.63, 3.8) is 0 Å². The highest BCUT2D eigenvalue weighted by Crippen LogP contribution is 2.21. The molecule has 3 rings (SSSR count). The van der Waals surface area contributed by atoms with Crippen LogP contribution in [0, 0.1) is 0 Å². The SMILES string of the molecule is O=C1Nc2ccccc2C1=O.c1c[nH]cn1. The summed E-state index contributed by atoms with van der Waals surface area (Å²) in [6.07, 6.45) is 5.08. The first-order valence-electron chi connectivity index (χ1n) is 4.66. The minimum absolute atomic E-state index is 0.444. The lowest BCUT2D eigenvalue weighted by atomic mass is 10.1. The Morgan fingerprint density at radius 1 is 1.12 bits per heavy atom. The van der Waals surface area contributed by atoms with Gasteiger partial charge in [0.05, 0.1) is 17.6 Å². The predicted molar refractivity (Wildman–Crippen MR) is 58.0 cm³/mol. The number of aromatic amines is 1. The summed E-state index contributed by atoms with van der Waals surface area (Å²) in [7, 11) is 0. The van der Waals surface area contributed by atoms with Crippen LogP contribution in [0.1, 0.15) is 10.4 Å². The molecule has 0 spiro atoms. The average molecular weight is 215 g/mol. The molecule has 1 aromatic carbocycles. The predicted octanol–water partition coefficient (Wildman–Crippen LogP) is 1.23. The summed E-state index contributed by atoms with van der Waals surface area (Å²) in [5, 5.41) is 2.46. The molecule has 80 valence electrons. The van der Waals surface area contributed by atoms with Crippen molar-refractivity contribution in [3.05, 3.63) is 48.5 Å². The second kappa shape index (κ2) is 4.39. The van der Waals surface area contributed by atoms with Crippen LogP contribution >= 0.6 is 0 Å². The lowest BCUT2D eigenvalue weighted by molar-refractivity contribution is -0.112. The van der Waals surface area contributed by atoms with E-state index in [2.05, 4.69) is 15.3 Å². The van der Waals surface area contributed by atoms with E-state index in [1.807, 2.05) is 0 Å². The minimum atomic E-state index is -0.536. The van der Waals surface area contributed by atoms with Gasteiger partial charge in [-0.05, 0) is 12.1 Å². The van der Waals surface area contributed by atoms with Crippen LogP contribution in [-0.2, 0) is 4.79 Å². The second-order valence-electron chi connectivity index (χ2n) is 3.09. The molecule has 0 saturated heterocycles. The van der Waals surface area contributed by atoms with Gasteiger partial charge in [0.2, 0.25) is 0 Å². The Labute approximate surface area is 91.5 Å². The van der Waals surface area contributed by atoms with Crippen molar-refractivity contribution >= 4 is 17.4 Å². The number of rotatable bonds is 0. The van der Waals surface area contributed by atoms with Crippen LogP contribution < -0.4 is 5.32 Å². The molecule has 0 bridgehead atoms. The summed E-state index contributed by atoms with van der Waals surface area (Å²) in [5.74, 6) is -0.980. The molecule has 5 nitrogen and oxygen atoms in total. The number of benzene rings is 1. The van der Waals surface area contributed by atoms with Gasteiger partial charge in [-0.2, -0.15) is 0 Å². The van der Waals surface area contributed by atoms with Gasteiger partial charge >= 0.3 is 0 Å². The first-order valence-corrected chi connectivity index (χ1v) is 4.66. The number of imidazole rings is 1. The monoisotopic (exact) mass is 215 g/mol. The number of hydrogen-bond acceptors (Lipinski definition) is 3. The molecule has 0 saturated carbocycles. The number of anilines is 1. The molecule has 5 heteroatoms. The Bertz CT molecular complexity index is 488. The number of nitrogens with zero attached hydrogens (tertiary/aromatic N) is 1. The number of amides is 1. The fourth-order valence-corrected chi connectivity index (χ4v) is 1.31. The topological polar surface area (TPSA) is 74.8 Å². The molecule has 0 fully saturated rings. The fourth-order valence-electron chi connectivity index (χ4n) is 1.31. The third-order valence-corrected chi connectivity index (χ3v) is 2.03. The number of aromatic nitrogens is 2. The largest absolute Gasteiger partial charge is 0.351 e. The van der Waals surface area contributed by atoms with Crippen molar-refractivity contribution in [1.82, 2.24) is 9.97 Å². The Hall–Kier alpha value is -2.43. The summed E-state index contributed by atoms with van der Waals surface area (Å²) < 4.78 is 0. The molecule has 0 unspecified atom stereocenters. The number of H-pyrrole nitrogens is 1. The molecule has 2 N–H and O–H groups in total. The van der Waals surface area contributed by atoms with Gasteiger partial charge in [0.1, 0.15) is 0 Å². The molecule has 0 atom stereocenters. The van der Waals surface area contributed by atoms with E-state index < -0.39 is 11.7 Å². The van der Waals surface area contributed by atoms with Gasteiger partial charge < -0.3 is 10.3 Å². The van der Waals surface area contributed by atoms with E-state index in [9.17, 15) is 9.59 Å². The summed E-state index contributed by atoms with van der Waals surface area (Å²) in [6.45, 7) is 0. The molecule has 1 aliphatic rings. The van der Waals surface area contributed by atoms with Gasteiger partial charge in [0.15, 0.2) is 0 Å². The van der Waals surface area contributed by atoms with Crippen molar-refractivity contribution in [3.8, 4) is 0 Å². The molecule has 1 aromatic heterocycles. The van der Waals surface area contributed by atoms with E-state index in [4.69, 9.17) is 0 Å². The van der Waals surface area contributed by atoms with E-state index in [1.54, 1.807) is 43.0 Å². The molecule has 0 aliphatic carbocycles. The van der Waals surface area contributed by atoms with Crippen LogP contribution in [0.5, 0.6) is 0 Å². The molecule has 0 radical (unpaired) electrons. The summed E-state index contributed by atoms with van der Waals surface area (Å²) in [6, 6.07) is 6.85. The number of para-hydroxylation sites is 1. The number of nitrogens with one attached hydrogen (secondary N) is 2. The molecular weight excluding hydrogens is 206 g/mol. The van der Waals surface area contributed by atoms with Crippen LogP contribution in [0.2, 0.25) is 0 Å². The zero-order valence-corrected chi connectivity index (χ0v) is 8.31.